The molecule has 0 aliphatic carbocycles. The Hall–Kier alpha value is -4.01. The first-order valence-corrected chi connectivity index (χ1v) is 14.5. The lowest BCUT2D eigenvalue weighted by molar-refractivity contribution is 0.0982. The number of allylic oxidation sites excluding steroid dienone is 1. The largest absolute Gasteiger partial charge is 0.495 e. The highest BCUT2D eigenvalue weighted by atomic mass is 19.1. The molecule has 0 amide bonds. The first kappa shape index (κ1) is 31.9. The molecule has 2 aromatic rings. The molecule has 2 heterocycles. The molecule has 2 fully saturated rings. The maximum atomic E-state index is 14.7. The Morgan fingerprint density at radius 1 is 0.953 bits per heavy atom. The third-order valence-corrected chi connectivity index (χ3v) is 7.88. The molecule has 9 nitrogen and oxygen atoms in total. The zero-order valence-corrected chi connectivity index (χ0v) is 25.7. The van der Waals surface area contributed by atoms with Crippen LogP contribution >= 0.6 is 0 Å². The summed E-state index contributed by atoms with van der Waals surface area (Å²) in [5.41, 5.74) is 1.96. The number of piperidine rings is 1. The van der Waals surface area contributed by atoms with Gasteiger partial charge in [-0.3, -0.25) is 9.89 Å². The highest BCUT2D eigenvalue weighted by Gasteiger charge is 2.27. The molecule has 2 aromatic carbocycles. The Kier molecular flexibility index (Phi) is 11.5. The lowest BCUT2D eigenvalue weighted by Gasteiger charge is -2.42. The minimum absolute atomic E-state index is 0.158. The molecule has 2 saturated heterocycles. The van der Waals surface area contributed by atoms with Crippen LogP contribution in [0.5, 0.6) is 17.2 Å². The van der Waals surface area contributed by atoms with Crippen LogP contribution in [0, 0.1) is 23.5 Å². The van der Waals surface area contributed by atoms with E-state index >= 15 is 0 Å². The summed E-state index contributed by atoms with van der Waals surface area (Å²) in [5.74, 6) is 3.94. The number of likely N-dealkylation sites (N-methyl/N-ethyl adjacent to an activating group) is 1. The second-order valence-electron chi connectivity index (χ2n) is 10.5. The number of anilines is 2. The molecular formula is C32H42F2N6O3. The van der Waals surface area contributed by atoms with Crippen LogP contribution in [-0.4, -0.2) is 103 Å². The van der Waals surface area contributed by atoms with Crippen LogP contribution in [0.1, 0.15) is 18.4 Å². The lowest BCUT2D eigenvalue weighted by atomic mass is 10.0. The van der Waals surface area contributed by atoms with Crippen molar-refractivity contribution in [1.82, 2.24) is 15.1 Å². The average molecular weight is 597 g/mol. The summed E-state index contributed by atoms with van der Waals surface area (Å²) in [7, 11) is 8.03. The number of aliphatic imine (C=N–C) groups is 1. The van der Waals surface area contributed by atoms with E-state index < -0.39 is 17.2 Å². The predicted octanol–water partition coefficient (Wildman–Crippen LogP) is 3.80. The van der Waals surface area contributed by atoms with E-state index in [2.05, 4.69) is 61.3 Å². The van der Waals surface area contributed by atoms with Gasteiger partial charge in [-0.2, -0.15) is 0 Å². The molecule has 0 atom stereocenters. The summed E-state index contributed by atoms with van der Waals surface area (Å²) < 4.78 is 45.0. The molecule has 0 aromatic heterocycles. The van der Waals surface area contributed by atoms with Gasteiger partial charge in [-0.1, -0.05) is 11.8 Å². The van der Waals surface area contributed by atoms with Gasteiger partial charge < -0.3 is 34.6 Å². The van der Waals surface area contributed by atoms with Crippen LogP contribution in [-0.2, 0) is 0 Å². The topological polar surface area (TPSA) is 73.8 Å². The second kappa shape index (κ2) is 15.5. The van der Waals surface area contributed by atoms with Crippen molar-refractivity contribution in [3.05, 3.63) is 53.2 Å². The van der Waals surface area contributed by atoms with E-state index in [4.69, 9.17) is 14.2 Å². The van der Waals surface area contributed by atoms with E-state index in [1.54, 1.807) is 20.4 Å². The van der Waals surface area contributed by atoms with E-state index in [0.29, 0.717) is 18.3 Å². The highest BCUT2D eigenvalue weighted by molar-refractivity contribution is 5.84. The Labute approximate surface area is 253 Å². The molecule has 232 valence electrons. The minimum Gasteiger partial charge on any atom is -0.495 e. The standard InChI is InChI=1S/C32H42F2N6O3/c1-35-20-23(6-8-26-31(33)29(42-4)19-30(43-5)32(26)34)21-36-22-37-27-9-7-25(18-28(27)41-3)39-12-10-24(11-13-39)40-16-14-38(2)15-17-40/h7,9,18-21,24,36-37H,10-17,22H2,1-5H3. The third-order valence-electron chi connectivity index (χ3n) is 7.88. The van der Waals surface area contributed by atoms with Gasteiger partial charge in [0.15, 0.2) is 23.1 Å². The predicted molar refractivity (Wildman–Crippen MR) is 168 cm³/mol. The minimum atomic E-state index is -0.898. The number of ether oxygens (including phenoxy) is 3. The van der Waals surface area contributed by atoms with E-state index in [1.165, 1.54) is 33.3 Å². The number of nitrogens with one attached hydrogen (secondary N) is 2. The molecule has 0 bridgehead atoms. The van der Waals surface area contributed by atoms with Crippen molar-refractivity contribution in [2.75, 3.05) is 91.6 Å². The first-order chi connectivity index (χ1) is 20.9. The van der Waals surface area contributed by atoms with Crippen LogP contribution in [0.25, 0.3) is 0 Å². The maximum Gasteiger partial charge on any atom is 0.183 e. The number of benzene rings is 2. The van der Waals surface area contributed by atoms with Crippen molar-refractivity contribution in [3.8, 4) is 29.1 Å². The molecule has 0 radical (unpaired) electrons. The van der Waals surface area contributed by atoms with Gasteiger partial charge in [-0.05, 0) is 32.0 Å². The molecule has 2 aliphatic heterocycles. The molecular weight excluding hydrogens is 554 g/mol. The second-order valence-corrected chi connectivity index (χ2v) is 10.5. The normalized spacial score (nSPS) is 17.0. The maximum absolute atomic E-state index is 14.7. The Morgan fingerprint density at radius 2 is 1.60 bits per heavy atom. The van der Waals surface area contributed by atoms with Gasteiger partial charge in [0.2, 0.25) is 0 Å². The van der Waals surface area contributed by atoms with Gasteiger partial charge in [-0.25, -0.2) is 8.78 Å². The zero-order valence-electron chi connectivity index (χ0n) is 25.7. The first-order valence-electron chi connectivity index (χ1n) is 14.5. The molecule has 0 unspecified atom stereocenters. The van der Waals surface area contributed by atoms with E-state index in [0.717, 1.165) is 62.5 Å². The number of nitrogens with zero attached hydrogens (tertiary/aromatic N) is 4. The monoisotopic (exact) mass is 596 g/mol. The summed E-state index contributed by atoms with van der Waals surface area (Å²) in [6, 6.07) is 8.01. The number of halogens is 2. The summed E-state index contributed by atoms with van der Waals surface area (Å²) >= 11 is 0. The molecule has 11 heteroatoms. The molecule has 43 heavy (non-hydrogen) atoms. The van der Waals surface area contributed by atoms with Crippen molar-refractivity contribution in [2.45, 2.75) is 18.9 Å². The van der Waals surface area contributed by atoms with Gasteiger partial charge in [0, 0.05) is 82.6 Å². The SMILES string of the molecule is CN=CC(C#Cc1c(F)c(OC)cc(OC)c1F)=CNCNc1ccc(N2CCC(N3CCN(C)CC3)CC2)cc1OC. The van der Waals surface area contributed by atoms with Crippen molar-refractivity contribution < 1.29 is 23.0 Å². The fourth-order valence-electron chi connectivity index (χ4n) is 5.38. The van der Waals surface area contributed by atoms with Crippen LogP contribution in [0.2, 0.25) is 0 Å². The molecule has 2 N–H and O–H groups in total. The lowest BCUT2D eigenvalue weighted by Crippen LogP contribution is -2.52. The van der Waals surface area contributed by atoms with Crippen LogP contribution in [0.3, 0.4) is 0 Å². The van der Waals surface area contributed by atoms with Gasteiger partial charge >= 0.3 is 0 Å². The Balaban J connectivity index is 1.36. The molecule has 0 saturated carbocycles. The van der Waals surface area contributed by atoms with Crippen LogP contribution < -0.4 is 29.7 Å². The van der Waals surface area contributed by atoms with Crippen molar-refractivity contribution in [3.63, 3.8) is 0 Å². The van der Waals surface area contributed by atoms with Gasteiger partial charge in [0.05, 0.1) is 39.3 Å². The van der Waals surface area contributed by atoms with Crippen molar-refractivity contribution in [1.29, 1.82) is 0 Å². The quantitative estimate of drug-likeness (QED) is 0.186. The fourth-order valence-corrected chi connectivity index (χ4v) is 5.38. The Morgan fingerprint density at radius 3 is 2.21 bits per heavy atom. The summed E-state index contributed by atoms with van der Waals surface area (Å²) in [6.45, 7) is 7.02. The van der Waals surface area contributed by atoms with Gasteiger partial charge in [0.25, 0.3) is 0 Å². The number of piperazine rings is 1. The highest BCUT2D eigenvalue weighted by Crippen LogP contribution is 2.32. The van der Waals surface area contributed by atoms with Gasteiger partial charge in [0.1, 0.15) is 11.3 Å². The number of rotatable bonds is 10. The van der Waals surface area contributed by atoms with E-state index in [9.17, 15) is 8.78 Å². The van der Waals surface area contributed by atoms with E-state index in [1.807, 2.05) is 6.07 Å². The zero-order chi connectivity index (χ0) is 30.8. The number of methoxy groups -OCH3 is 3. The fraction of sp³-hybridized carbons (Fsp3) is 0.469. The number of hydrogen-bond acceptors (Lipinski definition) is 9. The molecule has 2 aliphatic rings. The van der Waals surface area contributed by atoms with Gasteiger partial charge in [-0.15, -0.1) is 0 Å². The summed E-state index contributed by atoms with van der Waals surface area (Å²) in [5, 5.41) is 6.43. The molecule has 4 rings (SSSR count). The third kappa shape index (κ3) is 8.09. The summed E-state index contributed by atoms with van der Waals surface area (Å²) in [4.78, 5) is 11.5. The van der Waals surface area contributed by atoms with Crippen LogP contribution in [0.15, 0.2) is 41.0 Å². The number of hydrogen-bond donors (Lipinski definition) is 2. The average Bonchev–Trinajstić information content (AvgIpc) is 3.03. The summed E-state index contributed by atoms with van der Waals surface area (Å²) in [6.07, 6.45) is 5.44. The van der Waals surface area contributed by atoms with Crippen molar-refractivity contribution in [2.24, 2.45) is 4.99 Å². The van der Waals surface area contributed by atoms with Crippen LogP contribution in [0.4, 0.5) is 20.2 Å². The van der Waals surface area contributed by atoms with Crippen molar-refractivity contribution >= 4 is 17.6 Å². The Bertz CT molecular complexity index is 1330. The smallest absolute Gasteiger partial charge is 0.183 e. The van der Waals surface area contributed by atoms with E-state index in [-0.39, 0.29) is 11.5 Å². The molecule has 0 spiro atoms.